The van der Waals surface area contributed by atoms with Crippen molar-refractivity contribution >= 4 is 21.7 Å². The molecule has 0 N–H and O–H groups in total. The van der Waals surface area contributed by atoms with Crippen LogP contribution in [0.3, 0.4) is 0 Å². The van der Waals surface area contributed by atoms with Gasteiger partial charge >= 0.3 is 0 Å². The fraction of sp³-hybridized carbons (Fsp3) is 0.692. The lowest BCUT2D eigenvalue weighted by Gasteiger charge is -2.29. The number of nitrogens with zero attached hydrogens (tertiary/aromatic N) is 3. The maximum atomic E-state index is 14.3. The lowest BCUT2D eigenvalue weighted by Crippen LogP contribution is -2.36. The molecule has 0 bridgehead atoms. The van der Waals surface area contributed by atoms with E-state index in [1.165, 1.54) is 19.2 Å². The molecule has 18 heavy (non-hydrogen) atoms. The van der Waals surface area contributed by atoms with Gasteiger partial charge < -0.3 is 4.90 Å². The molecule has 1 fully saturated rings. The van der Waals surface area contributed by atoms with Crippen LogP contribution in [0.1, 0.15) is 38.3 Å². The summed E-state index contributed by atoms with van der Waals surface area (Å²) in [5.74, 6) is 0.237. The maximum Gasteiger partial charge on any atom is 0.187 e. The Bertz CT molecular complexity index is 394. The first-order chi connectivity index (χ1) is 8.77. The highest BCUT2D eigenvalue weighted by Gasteiger charge is 2.26. The molecule has 3 nitrogen and oxygen atoms in total. The average molecular weight is 316 g/mol. The van der Waals surface area contributed by atoms with Gasteiger partial charge in [-0.15, -0.1) is 0 Å². The molecule has 0 aromatic carbocycles. The van der Waals surface area contributed by atoms with Crippen molar-refractivity contribution in [2.75, 3.05) is 16.8 Å². The zero-order valence-electron chi connectivity index (χ0n) is 10.7. The van der Waals surface area contributed by atoms with E-state index in [9.17, 15) is 4.39 Å². The van der Waals surface area contributed by atoms with Gasteiger partial charge in [0.15, 0.2) is 11.6 Å². The SMILES string of the molecule is CCc1ncnc(N(CCBr)C2CCCC2)c1F. The molecular formula is C13H19BrFN3. The topological polar surface area (TPSA) is 29.0 Å². The lowest BCUT2D eigenvalue weighted by atomic mass is 10.2. The Hall–Kier alpha value is -0.710. The van der Waals surface area contributed by atoms with Gasteiger partial charge in [-0.25, -0.2) is 14.4 Å². The molecule has 0 atom stereocenters. The van der Waals surface area contributed by atoms with Crippen LogP contribution in [0.15, 0.2) is 6.33 Å². The van der Waals surface area contributed by atoms with Crippen LogP contribution in [0.2, 0.25) is 0 Å². The summed E-state index contributed by atoms with van der Waals surface area (Å²) in [5.41, 5.74) is 0.512. The van der Waals surface area contributed by atoms with Crippen molar-refractivity contribution in [3.63, 3.8) is 0 Å². The van der Waals surface area contributed by atoms with Crippen molar-refractivity contribution in [1.29, 1.82) is 0 Å². The summed E-state index contributed by atoms with van der Waals surface area (Å²) in [6, 6.07) is 0.427. The van der Waals surface area contributed by atoms with Gasteiger partial charge in [-0.1, -0.05) is 35.7 Å². The van der Waals surface area contributed by atoms with Crippen molar-refractivity contribution in [3.05, 3.63) is 17.8 Å². The minimum atomic E-state index is -0.243. The van der Waals surface area contributed by atoms with Gasteiger partial charge in [0.2, 0.25) is 0 Å². The van der Waals surface area contributed by atoms with E-state index in [2.05, 4.69) is 30.8 Å². The van der Waals surface area contributed by atoms with Gasteiger partial charge in [0.1, 0.15) is 6.33 Å². The number of aryl methyl sites for hydroxylation is 1. The number of hydrogen-bond acceptors (Lipinski definition) is 3. The van der Waals surface area contributed by atoms with Crippen molar-refractivity contribution in [2.45, 2.75) is 45.1 Å². The first-order valence-corrected chi connectivity index (χ1v) is 7.72. The molecule has 1 saturated carbocycles. The first-order valence-electron chi connectivity index (χ1n) is 6.60. The van der Waals surface area contributed by atoms with Gasteiger partial charge in [0.05, 0.1) is 5.69 Å². The summed E-state index contributed by atoms with van der Waals surface area (Å²) < 4.78 is 14.3. The van der Waals surface area contributed by atoms with Crippen LogP contribution in [0.4, 0.5) is 10.2 Å². The third-order valence-electron chi connectivity index (χ3n) is 3.54. The van der Waals surface area contributed by atoms with Crippen molar-refractivity contribution in [2.24, 2.45) is 0 Å². The molecule has 0 radical (unpaired) electrons. The minimum absolute atomic E-state index is 0.243. The van der Waals surface area contributed by atoms with Gasteiger partial charge in [-0.05, 0) is 19.3 Å². The Labute approximate surface area is 116 Å². The van der Waals surface area contributed by atoms with Crippen LogP contribution in [-0.2, 0) is 6.42 Å². The highest BCUT2D eigenvalue weighted by Crippen LogP contribution is 2.29. The zero-order chi connectivity index (χ0) is 13.0. The highest BCUT2D eigenvalue weighted by molar-refractivity contribution is 9.09. The largest absolute Gasteiger partial charge is 0.350 e. The van der Waals surface area contributed by atoms with E-state index < -0.39 is 0 Å². The second kappa shape index (κ2) is 6.45. The Morgan fingerprint density at radius 1 is 1.39 bits per heavy atom. The number of aromatic nitrogens is 2. The summed E-state index contributed by atoms with van der Waals surface area (Å²) in [5, 5.41) is 0.828. The molecule has 1 aliphatic carbocycles. The number of anilines is 1. The van der Waals surface area contributed by atoms with Crippen LogP contribution in [0.25, 0.3) is 0 Å². The van der Waals surface area contributed by atoms with Crippen LogP contribution < -0.4 is 4.90 Å². The van der Waals surface area contributed by atoms with Gasteiger partial charge in [-0.3, -0.25) is 0 Å². The van der Waals surface area contributed by atoms with E-state index in [1.54, 1.807) is 0 Å². The first kappa shape index (κ1) is 13.7. The fourth-order valence-corrected chi connectivity index (χ4v) is 2.99. The molecule has 0 saturated heterocycles. The Morgan fingerprint density at radius 3 is 2.72 bits per heavy atom. The van der Waals surface area contributed by atoms with E-state index in [0.717, 1.165) is 24.7 Å². The quantitative estimate of drug-likeness (QED) is 0.780. The zero-order valence-corrected chi connectivity index (χ0v) is 12.3. The lowest BCUT2D eigenvalue weighted by molar-refractivity contribution is 0.554. The number of rotatable bonds is 5. The van der Waals surface area contributed by atoms with Crippen molar-refractivity contribution in [3.8, 4) is 0 Å². The third kappa shape index (κ3) is 2.82. The second-order valence-corrected chi connectivity index (χ2v) is 5.43. The predicted molar refractivity (Wildman–Crippen MR) is 74.8 cm³/mol. The molecular weight excluding hydrogens is 297 g/mol. The Kier molecular flexibility index (Phi) is 4.92. The third-order valence-corrected chi connectivity index (χ3v) is 3.90. The molecule has 0 amide bonds. The summed E-state index contributed by atoms with van der Waals surface area (Å²) >= 11 is 3.45. The van der Waals surface area contributed by atoms with Gasteiger partial charge in [-0.2, -0.15) is 0 Å². The number of halogens is 2. The number of alkyl halides is 1. The minimum Gasteiger partial charge on any atom is -0.350 e. The molecule has 1 heterocycles. The van der Waals surface area contributed by atoms with Crippen molar-refractivity contribution < 1.29 is 4.39 Å². The molecule has 1 aromatic heterocycles. The summed E-state index contributed by atoms with van der Waals surface area (Å²) in [4.78, 5) is 10.3. The van der Waals surface area contributed by atoms with Crippen LogP contribution >= 0.6 is 15.9 Å². The molecule has 1 aliphatic rings. The predicted octanol–water partition coefficient (Wildman–Crippen LogP) is 3.32. The van der Waals surface area contributed by atoms with E-state index >= 15 is 0 Å². The van der Waals surface area contributed by atoms with E-state index in [4.69, 9.17) is 0 Å². The van der Waals surface area contributed by atoms with Crippen LogP contribution in [0.5, 0.6) is 0 Å². The van der Waals surface area contributed by atoms with Gasteiger partial charge in [0, 0.05) is 17.9 Å². The van der Waals surface area contributed by atoms with E-state index in [-0.39, 0.29) is 5.82 Å². The maximum absolute atomic E-state index is 14.3. The average Bonchev–Trinajstić information content (AvgIpc) is 2.90. The van der Waals surface area contributed by atoms with Crippen LogP contribution in [-0.4, -0.2) is 27.9 Å². The number of hydrogen-bond donors (Lipinski definition) is 0. The van der Waals surface area contributed by atoms with E-state index in [0.29, 0.717) is 24.0 Å². The molecule has 0 unspecified atom stereocenters. The standard InChI is InChI=1S/C13H19BrFN3/c1-2-11-12(15)13(17-9-16-11)18(8-7-14)10-5-3-4-6-10/h9-10H,2-8H2,1H3. The van der Waals surface area contributed by atoms with Gasteiger partial charge in [0.25, 0.3) is 0 Å². The molecule has 1 aromatic rings. The molecule has 5 heteroatoms. The molecule has 0 aliphatic heterocycles. The summed E-state index contributed by atoms with van der Waals surface area (Å²) in [6.45, 7) is 2.71. The summed E-state index contributed by atoms with van der Waals surface area (Å²) in [7, 11) is 0. The molecule has 100 valence electrons. The normalized spacial score (nSPS) is 16.2. The van der Waals surface area contributed by atoms with Crippen LogP contribution in [0, 0.1) is 5.82 Å². The smallest absolute Gasteiger partial charge is 0.187 e. The molecule has 2 rings (SSSR count). The monoisotopic (exact) mass is 315 g/mol. The van der Waals surface area contributed by atoms with Crippen molar-refractivity contribution in [1.82, 2.24) is 9.97 Å². The Balaban J connectivity index is 2.29. The highest BCUT2D eigenvalue weighted by atomic mass is 79.9. The molecule has 0 spiro atoms. The summed E-state index contributed by atoms with van der Waals surface area (Å²) in [6.07, 6.45) is 6.82. The second-order valence-electron chi connectivity index (χ2n) is 4.63. The fourth-order valence-electron chi connectivity index (χ4n) is 2.61. The Morgan fingerprint density at radius 2 is 2.11 bits per heavy atom. The van der Waals surface area contributed by atoms with E-state index in [1.807, 2.05) is 6.92 Å².